The van der Waals surface area contributed by atoms with Crippen LogP contribution in [0.5, 0.6) is 0 Å². The van der Waals surface area contributed by atoms with Crippen molar-refractivity contribution in [3.63, 3.8) is 0 Å². The smallest absolute Gasteiger partial charge is 0.303 e. The molecule has 2 aliphatic rings. The second kappa shape index (κ2) is 4.64. The van der Waals surface area contributed by atoms with Gasteiger partial charge in [0.25, 0.3) is 0 Å². The molecule has 102 valence electrons. The molecule has 0 spiro atoms. The average molecular weight is 260 g/mol. The molecule has 1 unspecified atom stereocenters. The first-order chi connectivity index (χ1) is 9.06. The van der Waals surface area contributed by atoms with Crippen LogP contribution in [0.3, 0.4) is 0 Å². The van der Waals surface area contributed by atoms with E-state index < -0.39 is 11.6 Å². The highest BCUT2D eigenvalue weighted by Crippen LogP contribution is 2.45. The third kappa shape index (κ3) is 3.16. The highest BCUT2D eigenvalue weighted by Gasteiger charge is 2.40. The van der Waals surface area contributed by atoms with Gasteiger partial charge in [-0.2, -0.15) is 0 Å². The van der Waals surface area contributed by atoms with Crippen molar-refractivity contribution in [2.24, 2.45) is 5.92 Å². The highest BCUT2D eigenvalue weighted by molar-refractivity contribution is 5.68. The predicted octanol–water partition coefficient (Wildman–Crippen LogP) is 2.72. The van der Waals surface area contributed by atoms with E-state index in [-0.39, 0.29) is 12.3 Å². The zero-order chi connectivity index (χ0) is 13.5. The number of aliphatic carboxylic acids is 1. The van der Waals surface area contributed by atoms with E-state index in [4.69, 9.17) is 5.11 Å². The van der Waals surface area contributed by atoms with E-state index in [0.717, 1.165) is 43.2 Å². The molecule has 2 aliphatic carbocycles. The van der Waals surface area contributed by atoms with Gasteiger partial charge in [0.15, 0.2) is 0 Å². The summed E-state index contributed by atoms with van der Waals surface area (Å²) < 4.78 is 0. The molecular formula is C16H20O3. The Labute approximate surface area is 113 Å². The fraction of sp³-hybridized carbons (Fsp3) is 0.562. The Bertz CT molecular complexity index is 469. The van der Waals surface area contributed by atoms with Gasteiger partial charge in [0.05, 0.1) is 12.0 Å². The molecule has 1 aromatic carbocycles. The van der Waals surface area contributed by atoms with Gasteiger partial charge in [-0.15, -0.1) is 0 Å². The minimum atomic E-state index is -0.715. The molecule has 3 nitrogen and oxygen atoms in total. The van der Waals surface area contributed by atoms with Gasteiger partial charge in [0.2, 0.25) is 0 Å². The van der Waals surface area contributed by atoms with Crippen LogP contribution in [0.15, 0.2) is 24.3 Å². The summed E-state index contributed by atoms with van der Waals surface area (Å²) in [6.07, 6.45) is 5.06. The quantitative estimate of drug-likeness (QED) is 0.826. The van der Waals surface area contributed by atoms with Gasteiger partial charge in [-0.1, -0.05) is 24.3 Å². The molecule has 2 saturated carbocycles. The first kappa shape index (κ1) is 12.7. The number of aliphatic hydroxyl groups is 1. The number of rotatable bonds is 6. The standard InChI is InChI=1S/C16H20O3/c17-15(18)9-14(13-5-6-13)12-3-1-11(2-4-12)10-16(19)7-8-16/h1-4,13-14,19H,5-10H2,(H,17,18). The summed E-state index contributed by atoms with van der Waals surface area (Å²) in [6.45, 7) is 0. The van der Waals surface area contributed by atoms with Gasteiger partial charge in [0, 0.05) is 6.42 Å². The van der Waals surface area contributed by atoms with Gasteiger partial charge in [-0.3, -0.25) is 4.79 Å². The summed E-state index contributed by atoms with van der Waals surface area (Å²) in [7, 11) is 0. The van der Waals surface area contributed by atoms with E-state index >= 15 is 0 Å². The lowest BCUT2D eigenvalue weighted by molar-refractivity contribution is -0.137. The SMILES string of the molecule is O=C(O)CC(c1ccc(CC2(O)CC2)cc1)C1CC1. The maximum atomic E-state index is 10.9. The van der Waals surface area contributed by atoms with Crippen LogP contribution in [0.25, 0.3) is 0 Å². The molecule has 0 bridgehead atoms. The zero-order valence-electron chi connectivity index (χ0n) is 11.0. The Morgan fingerprint density at radius 1 is 1.26 bits per heavy atom. The fourth-order valence-corrected chi connectivity index (χ4v) is 2.83. The Kier molecular flexibility index (Phi) is 3.09. The average Bonchev–Trinajstić information content (AvgIpc) is 3.25. The molecule has 19 heavy (non-hydrogen) atoms. The maximum absolute atomic E-state index is 10.9. The third-order valence-corrected chi connectivity index (χ3v) is 4.35. The molecule has 3 heteroatoms. The van der Waals surface area contributed by atoms with E-state index in [1.807, 2.05) is 24.3 Å². The molecule has 1 atom stereocenters. The molecule has 0 aliphatic heterocycles. The van der Waals surface area contributed by atoms with Crippen molar-refractivity contribution in [1.29, 1.82) is 0 Å². The lowest BCUT2D eigenvalue weighted by Gasteiger charge is -2.15. The molecule has 2 fully saturated rings. The molecule has 1 aromatic rings. The Morgan fingerprint density at radius 3 is 2.37 bits per heavy atom. The van der Waals surface area contributed by atoms with Gasteiger partial charge in [-0.05, 0) is 48.6 Å². The van der Waals surface area contributed by atoms with E-state index in [9.17, 15) is 9.90 Å². The molecule has 0 amide bonds. The van der Waals surface area contributed by atoms with E-state index in [1.165, 1.54) is 0 Å². The number of benzene rings is 1. The van der Waals surface area contributed by atoms with Crippen molar-refractivity contribution in [2.75, 3.05) is 0 Å². The topological polar surface area (TPSA) is 57.5 Å². The molecule has 0 aromatic heterocycles. The first-order valence-corrected chi connectivity index (χ1v) is 7.09. The number of hydrogen-bond donors (Lipinski definition) is 2. The summed E-state index contributed by atoms with van der Waals surface area (Å²) in [6, 6.07) is 8.19. The normalized spacial score (nSPS) is 21.9. The minimum Gasteiger partial charge on any atom is -0.481 e. The van der Waals surface area contributed by atoms with E-state index in [1.54, 1.807) is 0 Å². The fourth-order valence-electron chi connectivity index (χ4n) is 2.83. The van der Waals surface area contributed by atoms with Crippen molar-refractivity contribution in [1.82, 2.24) is 0 Å². The van der Waals surface area contributed by atoms with Gasteiger partial charge in [-0.25, -0.2) is 0 Å². The monoisotopic (exact) mass is 260 g/mol. The molecular weight excluding hydrogens is 240 g/mol. The predicted molar refractivity (Wildman–Crippen MR) is 72.0 cm³/mol. The van der Waals surface area contributed by atoms with Gasteiger partial charge >= 0.3 is 5.97 Å². The van der Waals surface area contributed by atoms with Gasteiger partial charge in [0.1, 0.15) is 0 Å². The maximum Gasteiger partial charge on any atom is 0.303 e. The van der Waals surface area contributed by atoms with Crippen LogP contribution >= 0.6 is 0 Å². The number of carbonyl (C=O) groups is 1. The Hall–Kier alpha value is -1.35. The lowest BCUT2D eigenvalue weighted by atomic mass is 9.90. The number of carboxylic acids is 1. The van der Waals surface area contributed by atoms with Crippen LogP contribution in [0.4, 0.5) is 0 Å². The van der Waals surface area contributed by atoms with Crippen LogP contribution in [0.2, 0.25) is 0 Å². The highest BCUT2D eigenvalue weighted by atomic mass is 16.4. The summed E-state index contributed by atoms with van der Waals surface area (Å²) in [5.41, 5.74) is 1.82. The van der Waals surface area contributed by atoms with E-state index in [0.29, 0.717) is 5.92 Å². The third-order valence-electron chi connectivity index (χ3n) is 4.35. The van der Waals surface area contributed by atoms with Gasteiger partial charge < -0.3 is 10.2 Å². The van der Waals surface area contributed by atoms with Crippen molar-refractivity contribution in [3.05, 3.63) is 35.4 Å². The van der Waals surface area contributed by atoms with Crippen molar-refractivity contribution in [2.45, 2.75) is 50.0 Å². The minimum absolute atomic E-state index is 0.163. The van der Waals surface area contributed by atoms with Crippen LogP contribution in [0, 0.1) is 5.92 Å². The summed E-state index contributed by atoms with van der Waals surface area (Å²) in [5, 5.41) is 18.9. The molecule has 0 radical (unpaired) electrons. The molecule has 0 saturated heterocycles. The largest absolute Gasteiger partial charge is 0.481 e. The van der Waals surface area contributed by atoms with E-state index in [2.05, 4.69) is 0 Å². The number of carboxylic acid groups (broad SMARTS) is 1. The summed E-state index contributed by atoms with van der Waals surface area (Å²) in [4.78, 5) is 10.9. The van der Waals surface area contributed by atoms with Crippen molar-refractivity contribution >= 4 is 5.97 Å². The summed E-state index contributed by atoms with van der Waals surface area (Å²) in [5.74, 6) is -0.00149. The van der Waals surface area contributed by atoms with Crippen molar-refractivity contribution < 1.29 is 15.0 Å². The second-order valence-electron chi connectivity index (χ2n) is 6.18. The van der Waals surface area contributed by atoms with Crippen LogP contribution in [-0.2, 0) is 11.2 Å². The van der Waals surface area contributed by atoms with Crippen LogP contribution < -0.4 is 0 Å². The first-order valence-electron chi connectivity index (χ1n) is 7.09. The van der Waals surface area contributed by atoms with Crippen LogP contribution in [0.1, 0.15) is 49.1 Å². The zero-order valence-corrected chi connectivity index (χ0v) is 11.0. The summed E-state index contributed by atoms with van der Waals surface area (Å²) >= 11 is 0. The van der Waals surface area contributed by atoms with Crippen molar-refractivity contribution in [3.8, 4) is 0 Å². The Balaban J connectivity index is 1.70. The molecule has 2 N–H and O–H groups in total. The lowest BCUT2D eigenvalue weighted by Crippen LogP contribution is -2.11. The van der Waals surface area contributed by atoms with Crippen LogP contribution in [-0.4, -0.2) is 21.8 Å². The molecule has 3 rings (SSSR count). The second-order valence-corrected chi connectivity index (χ2v) is 6.18. The Morgan fingerprint density at radius 2 is 1.89 bits per heavy atom. The number of hydrogen-bond acceptors (Lipinski definition) is 2. The molecule has 0 heterocycles.